The molecule has 7 nitrogen and oxygen atoms in total. The van der Waals surface area contributed by atoms with E-state index in [2.05, 4.69) is 17.2 Å². The minimum atomic E-state index is -1.09. The topological polar surface area (TPSA) is 99.6 Å². The van der Waals surface area contributed by atoms with E-state index in [0.29, 0.717) is 24.3 Å². The highest BCUT2D eigenvalue weighted by molar-refractivity contribution is 5.97. The van der Waals surface area contributed by atoms with E-state index in [1.807, 2.05) is 60.7 Å². The van der Waals surface area contributed by atoms with Gasteiger partial charge in [0.2, 0.25) is 0 Å². The number of hydrogen-bond acceptors (Lipinski definition) is 4. The van der Waals surface area contributed by atoms with Crippen molar-refractivity contribution in [2.75, 3.05) is 6.54 Å². The lowest BCUT2D eigenvalue weighted by Gasteiger charge is -2.23. The normalized spacial score (nSPS) is 11.6. The number of carbonyl (C=O) groups excluding carboxylic acids is 2. The van der Waals surface area contributed by atoms with Crippen LogP contribution >= 0.6 is 0 Å². The highest BCUT2D eigenvalue weighted by Crippen LogP contribution is 2.16. The van der Waals surface area contributed by atoms with Gasteiger partial charge in [-0.2, -0.15) is 0 Å². The monoisotopic (exact) mass is 509 g/mol. The van der Waals surface area contributed by atoms with Gasteiger partial charge in [-0.1, -0.05) is 80.1 Å². The van der Waals surface area contributed by atoms with Gasteiger partial charge in [0.15, 0.2) is 0 Å². The number of amides is 2. The Bertz CT molecular complexity index is 1400. The smallest absolute Gasteiger partial charge is 0.326 e. The first-order valence-electron chi connectivity index (χ1n) is 12.8. The van der Waals surface area contributed by atoms with Gasteiger partial charge in [0.05, 0.1) is 5.52 Å². The average molecular weight is 510 g/mol. The second kappa shape index (κ2) is 12.6. The number of aliphatic carboxylic acids is 1. The molecule has 7 heteroatoms. The molecule has 0 saturated carbocycles. The first-order valence-corrected chi connectivity index (χ1v) is 12.8. The number of pyridine rings is 1. The van der Waals surface area contributed by atoms with Crippen LogP contribution in [-0.4, -0.2) is 45.4 Å². The summed E-state index contributed by atoms with van der Waals surface area (Å²) in [4.78, 5) is 44.2. The van der Waals surface area contributed by atoms with Gasteiger partial charge < -0.3 is 15.3 Å². The second-order valence-corrected chi connectivity index (χ2v) is 9.22. The third-order valence-electron chi connectivity index (χ3n) is 6.36. The molecule has 0 bridgehead atoms. The largest absolute Gasteiger partial charge is 0.480 e. The van der Waals surface area contributed by atoms with E-state index in [0.717, 1.165) is 34.9 Å². The fourth-order valence-corrected chi connectivity index (χ4v) is 4.22. The van der Waals surface area contributed by atoms with Gasteiger partial charge in [0.25, 0.3) is 11.8 Å². The molecule has 1 aromatic heterocycles. The summed E-state index contributed by atoms with van der Waals surface area (Å²) in [5, 5.41) is 13.2. The van der Waals surface area contributed by atoms with Gasteiger partial charge in [-0.25, -0.2) is 9.78 Å². The molecule has 4 aromatic rings. The number of carbonyl (C=O) groups is 3. The first kappa shape index (κ1) is 26.5. The zero-order chi connectivity index (χ0) is 26.9. The summed E-state index contributed by atoms with van der Waals surface area (Å²) in [6, 6.07) is 26.4. The van der Waals surface area contributed by atoms with Crippen LogP contribution in [0.1, 0.15) is 51.7 Å². The van der Waals surface area contributed by atoms with Gasteiger partial charge in [0, 0.05) is 30.5 Å². The summed E-state index contributed by atoms with van der Waals surface area (Å²) in [6.45, 7) is 3.04. The fraction of sp³-hybridized carbons (Fsp3) is 0.226. The molecule has 2 amide bonds. The molecule has 1 heterocycles. The number of fused-ring (bicyclic) bond motifs is 1. The molecule has 38 heavy (non-hydrogen) atoms. The molecule has 2 N–H and O–H groups in total. The number of unbranched alkanes of at least 4 members (excludes halogenated alkanes) is 1. The highest BCUT2D eigenvalue weighted by Gasteiger charge is 2.22. The number of nitrogens with one attached hydrogen (secondary N) is 1. The quantitative estimate of drug-likeness (QED) is 0.293. The number of rotatable bonds is 11. The molecule has 4 rings (SSSR count). The number of para-hydroxylation sites is 1. The van der Waals surface area contributed by atoms with Crippen LogP contribution in [0.3, 0.4) is 0 Å². The fourth-order valence-electron chi connectivity index (χ4n) is 4.22. The lowest BCUT2D eigenvalue weighted by molar-refractivity contribution is -0.139. The summed E-state index contributed by atoms with van der Waals surface area (Å²) >= 11 is 0. The van der Waals surface area contributed by atoms with Crippen LogP contribution in [0.15, 0.2) is 91.0 Å². The maximum atomic E-state index is 13.4. The zero-order valence-corrected chi connectivity index (χ0v) is 21.3. The van der Waals surface area contributed by atoms with Crippen LogP contribution in [0.4, 0.5) is 0 Å². The molecule has 1 atom stereocenters. The number of benzene rings is 3. The van der Waals surface area contributed by atoms with Crippen molar-refractivity contribution in [1.29, 1.82) is 0 Å². The lowest BCUT2D eigenvalue weighted by Crippen LogP contribution is -2.42. The number of aromatic nitrogens is 1. The lowest BCUT2D eigenvalue weighted by atomic mass is 10.0. The van der Waals surface area contributed by atoms with Crippen molar-refractivity contribution in [3.63, 3.8) is 0 Å². The van der Waals surface area contributed by atoms with E-state index in [1.165, 1.54) is 0 Å². The van der Waals surface area contributed by atoms with Crippen LogP contribution < -0.4 is 5.32 Å². The van der Waals surface area contributed by atoms with Crippen molar-refractivity contribution in [2.24, 2.45) is 0 Å². The molecule has 0 aliphatic carbocycles. The number of carboxylic acids is 1. The minimum absolute atomic E-state index is 0.142. The van der Waals surface area contributed by atoms with Crippen molar-refractivity contribution < 1.29 is 19.5 Å². The van der Waals surface area contributed by atoms with Crippen molar-refractivity contribution in [2.45, 2.75) is 38.8 Å². The highest BCUT2D eigenvalue weighted by atomic mass is 16.4. The van der Waals surface area contributed by atoms with E-state index in [9.17, 15) is 19.5 Å². The Balaban J connectivity index is 1.44. The summed E-state index contributed by atoms with van der Waals surface area (Å²) in [5.41, 5.74) is 3.22. The number of nitrogens with zero attached hydrogens (tertiary/aromatic N) is 2. The van der Waals surface area contributed by atoms with E-state index < -0.39 is 17.9 Å². The van der Waals surface area contributed by atoms with Gasteiger partial charge in [-0.15, -0.1) is 0 Å². The predicted molar refractivity (Wildman–Crippen MR) is 147 cm³/mol. The molecular weight excluding hydrogens is 478 g/mol. The average Bonchev–Trinajstić information content (AvgIpc) is 2.95. The predicted octanol–water partition coefficient (Wildman–Crippen LogP) is 5.10. The molecule has 0 saturated heterocycles. The van der Waals surface area contributed by atoms with Crippen molar-refractivity contribution in [3.05, 3.63) is 113 Å². The van der Waals surface area contributed by atoms with Gasteiger partial charge in [-0.05, 0) is 41.8 Å². The van der Waals surface area contributed by atoms with Gasteiger partial charge >= 0.3 is 5.97 Å². The standard InChI is InChI=1S/C31H31N3O4/c1-2-3-19-34(30(36)27-18-17-24-11-7-8-12-26(24)32-27)21-23-13-15-25(16-14-23)29(35)33-28(31(37)38)20-22-9-5-4-6-10-22/h4-18,28H,2-3,19-21H2,1H3,(H,33,35)(H,37,38)/t28-/m0/s1. The van der Waals surface area contributed by atoms with Crippen LogP contribution in [0.2, 0.25) is 0 Å². The third-order valence-corrected chi connectivity index (χ3v) is 6.36. The Labute approximate surface area is 222 Å². The first-order chi connectivity index (χ1) is 18.4. The molecule has 0 aliphatic heterocycles. The van der Waals surface area contributed by atoms with E-state index in [4.69, 9.17) is 0 Å². The maximum absolute atomic E-state index is 13.4. The molecule has 0 radical (unpaired) electrons. The SMILES string of the molecule is CCCCN(Cc1ccc(C(=O)N[C@@H](Cc2ccccc2)C(=O)O)cc1)C(=O)c1ccc2ccccc2n1. The zero-order valence-electron chi connectivity index (χ0n) is 21.3. The van der Waals surface area contributed by atoms with Crippen LogP contribution in [0, 0.1) is 0 Å². The van der Waals surface area contributed by atoms with Crippen LogP contribution in [0.5, 0.6) is 0 Å². The Kier molecular flexibility index (Phi) is 8.82. The maximum Gasteiger partial charge on any atom is 0.326 e. The molecule has 3 aromatic carbocycles. The Morgan fingerprint density at radius 3 is 2.29 bits per heavy atom. The van der Waals surface area contributed by atoms with Crippen LogP contribution in [-0.2, 0) is 17.8 Å². The van der Waals surface area contributed by atoms with E-state index in [-0.39, 0.29) is 12.3 Å². The number of carboxylic acid groups (broad SMARTS) is 1. The van der Waals surface area contributed by atoms with Gasteiger partial charge in [0.1, 0.15) is 11.7 Å². The van der Waals surface area contributed by atoms with Crippen molar-refractivity contribution in [3.8, 4) is 0 Å². The Morgan fingerprint density at radius 1 is 0.868 bits per heavy atom. The molecule has 0 unspecified atom stereocenters. The number of hydrogen-bond donors (Lipinski definition) is 2. The third kappa shape index (κ3) is 6.82. The van der Waals surface area contributed by atoms with Crippen LogP contribution in [0.25, 0.3) is 10.9 Å². The summed E-state index contributed by atoms with van der Waals surface area (Å²) in [5.74, 6) is -1.69. The summed E-state index contributed by atoms with van der Waals surface area (Å²) < 4.78 is 0. The Morgan fingerprint density at radius 2 is 1.58 bits per heavy atom. The molecule has 0 fully saturated rings. The summed E-state index contributed by atoms with van der Waals surface area (Å²) in [6.07, 6.45) is 2.00. The summed E-state index contributed by atoms with van der Waals surface area (Å²) in [7, 11) is 0. The molecule has 194 valence electrons. The van der Waals surface area contributed by atoms with E-state index in [1.54, 1.807) is 35.2 Å². The molecule has 0 spiro atoms. The van der Waals surface area contributed by atoms with Gasteiger partial charge in [-0.3, -0.25) is 9.59 Å². The minimum Gasteiger partial charge on any atom is -0.480 e. The second-order valence-electron chi connectivity index (χ2n) is 9.22. The Hall–Kier alpha value is -4.52. The molecule has 0 aliphatic rings. The van der Waals surface area contributed by atoms with Crippen molar-refractivity contribution >= 4 is 28.7 Å². The van der Waals surface area contributed by atoms with E-state index >= 15 is 0 Å². The van der Waals surface area contributed by atoms with Crippen molar-refractivity contribution in [1.82, 2.24) is 15.2 Å². The molecular formula is C31H31N3O4.